The second kappa shape index (κ2) is 4.49. The van der Waals surface area contributed by atoms with Crippen LogP contribution in [0.3, 0.4) is 0 Å². The SMILES string of the molecule is Cc1cccc(C)c1C1C(N)CCC(=O)N1C. The lowest BCUT2D eigenvalue weighted by Gasteiger charge is -2.39. The molecule has 3 nitrogen and oxygen atoms in total. The fourth-order valence-corrected chi connectivity index (χ4v) is 2.77. The van der Waals surface area contributed by atoms with Crippen LogP contribution in [0.2, 0.25) is 0 Å². The van der Waals surface area contributed by atoms with Crippen LogP contribution < -0.4 is 5.73 Å². The Morgan fingerprint density at radius 3 is 2.47 bits per heavy atom. The number of carbonyl (C=O) groups excluding carboxylic acids is 1. The summed E-state index contributed by atoms with van der Waals surface area (Å²) in [4.78, 5) is 13.6. The molecule has 2 unspecified atom stereocenters. The maximum atomic E-state index is 11.8. The average Bonchev–Trinajstić information content (AvgIpc) is 2.28. The van der Waals surface area contributed by atoms with Gasteiger partial charge in [-0.05, 0) is 37.0 Å². The number of amides is 1. The minimum Gasteiger partial charge on any atom is -0.337 e. The molecule has 1 aromatic carbocycles. The maximum Gasteiger partial charge on any atom is 0.222 e. The van der Waals surface area contributed by atoms with E-state index in [-0.39, 0.29) is 18.0 Å². The summed E-state index contributed by atoms with van der Waals surface area (Å²) in [7, 11) is 1.86. The molecule has 17 heavy (non-hydrogen) atoms. The van der Waals surface area contributed by atoms with Gasteiger partial charge in [-0.15, -0.1) is 0 Å². The van der Waals surface area contributed by atoms with Crippen LogP contribution in [0.25, 0.3) is 0 Å². The van der Waals surface area contributed by atoms with Gasteiger partial charge in [0.25, 0.3) is 0 Å². The van der Waals surface area contributed by atoms with Crippen molar-refractivity contribution in [2.24, 2.45) is 5.73 Å². The van der Waals surface area contributed by atoms with Crippen molar-refractivity contribution in [3.63, 3.8) is 0 Å². The number of piperidine rings is 1. The molecule has 0 aliphatic carbocycles. The van der Waals surface area contributed by atoms with E-state index in [1.54, 1.807) is 0 Å². The molecule has 0 radical (unpaired) electrons. The summed E-state index contributed by atoms with van der Waals surface area (Å²) in [6, 6.07) is 6.28. The van der Waals surface area contributed by atoms with Gasteiger partial charge >= 0.3 is 0 Å². The number of rotatable bonds is 1. The zero-order chi connectivity index (χ0) is 12.6. The van der Waals surface area contributed by atoms with Crippen molar-refractivity contribution >= 4 is 5.91 Å². The lowest BCUT2D eigenvalue weighted by Crippen LogP contribution is -2.47. The molecule has 1 amide bonds. The third-order valence-corrected chi connectivity index (χ3v) is 3.75. The van der Waals surface area contributed by atoms with Crippen LogP contribution in [0.15, 0.2) is 18.2 Å². The van der Waals surface area contributed by atoms with Crippen LogP contribution in [0.1, 0.15) is 35.6 Å². The highest BCUT2D eigenvalue weighted by Gasteiger charge is 2.33. The molecule has 0 bridgehead atoms. The molecule has 1 heterocycles. The molecule has 2 rings (SSSR count). The van der Waals surface area contributed by atoms with Crippen LogP contribution in [0.5, 0.6) is 0 Å². The summed E-state index contributed by atoms with van der Waals surface area (Å²) in [6.07, 6.45) is 1.35. The van der Waals surface area contributed by atoms with E-state index in [0.717, 1.165) is 6.42 Å². The third-order valence-electron chi connectivity index (χ3n) is 3.75. The van der Waals surface area contributed by atoms with Gasteiger partial charge in [0.1, 0.15) is 0 Å². The first kappa shape index (κ1) is 12.1. The maximum absolute atomic E-state index is 11.8. The third kappa shape index (κ3) is 2.07. The summed E-state index contributed by atoms with van der Waals surface area (Å²) in [5.41, 5.74) is 9.86. The smallest absolute Gasteiger partial charge is 0.222 e. The van der Waals surface area contributed by atoms with Gasteiger partial charge in [-0.2, -0.15) is 0 Å². The zero-order valence-electron chi connectivity index (χ0n) is 10.7. The molecule has 2 N–H and O–H groups in total. The fourth-order valence-electron chi connectivity index (χ4n) is 2.77. The summed E-state index contributed by atoms with van der Waals surface area (Å²) in [6.45, 7) is 4.17. The topological polar surface area (TPSA) is 46.3 Å². The first-order valence-corrected chi connectivity index (χ1v) is 6.09. The Kier molecular flexibility index (Phi) is 3.20. The van der Waals surface area contributed by atoms with E-state index in [1.165, 1.54) is 16.7 Å². The van der Waals surface area contributed by atoms with Crippen LogP contribution in [0, 0.1) is 13.8 Å². The molecule has 1 saturated heterocycles. The number of hydrogen-bond donors (Lipinski definition) is 1. The number of carbonyl (C=O) groups is 1. The first-order chi connectivity index (χ1) is 8.02. The van der Waals surface area contributed by atoms with Gasteiger partial charge < -0.3 is 10.6 Å². The van der Waals surface area contributed by atoms with Crippen molar-refractivity contribution in [1.29, 1.82) is 0 Å². The van der Waals surface area contributed by atoms with E-state index in [4.69, 9.17) is 5.73 Å². The molecule has 1 aliphatic rings. The van der Waals surface area contributed by atoms with E-state index in [9.17, 15) is 4.79 Å². The Morgan fingerprint density at radius 1 is 1.29 bits per heavy atom. The molecule has 0 spiro atoms. The predicted octanol–water partition coefficient (Wildman–Crippen LogP) is 1.92. The average molecular weight is 232 g/mol. The number of nitrogens with two attached hydrogens (primary N) is 1. The summed E-state index contributed by atoms with van der Waals surface area (Å²) >= 11 is 0. The number of likely N-dealkylation sites (N-methyl/N-ethyl adjacent to an activating group) is 1. The number of likely N-dealkylation sites (tertiary alicyclic amines) is 1. The molecule has 1 aromatic rings. The minimum absolute atomic E-state index is 0.0254. The van der Waals surface area contributed by atoms with Crippen molar-refractivity contribution in [1.82, 2.24) is 4.90 Å². The van der Waals surface area contributed by atoms with Crippen molar-refractivity contribution in [2.45, 2.75) is 38.8 Å². The highest BCUT2D eigenvalue weighted by Crippen LogP contribution is 2.33. The van der Waals surface area contributed by atoms with E-state index >= 15 is 0 Å². The second-order valence-electron chi connectivity index (χ2n) is 4.96. The van der Waals surface area contributed by atoms with Gasteiger partial charge in [-0.1, -0.05) is 18.2 Å². The van der Waals surface area contributed by atoms with Crippen molar-refractivity contribution in [3.05, 3.63) is 34.9 Å². The lowest BCUT2D eigenvalue weighted by molar-refractivity contribution is -0.135. The van der Waals surface area contributed by atoms with Gasteiger partial charge in [0, 0.05) is 19.5 Å². The van der Waals surface area contributed by atoms with Gasteiger partial charge in [-0.3, -0.25) is 4.79 Å². The quantitative estimate of drug-likeness (QED) is 0.804. The van der Waals surface area contributed by atoms with E-state index in [2.05, 4.69) is 26.0 Å². The van der Waals surface area contributed by atoms with Crippen LogP contribution in [-0.2, 0) is 4.79 Å². The largest absolute Gasteiger partial charge is 0.337 e. The van der Waals surface area contributed by atoms with Gasteiger partial charge in [0.2, 0.25) is 5.91 Å². The Hall–Kier alpha value is -1.35. The highest BCUT2D eigenvalue weighted by molar-refractivity contribution is 5.77. The number of nitrogens with zero attached hydrogens (tertiary/aromatic N) is 1. The Morgan fingerprint density at radius 2 is 1.88 bits per heavy atom. The Bertz CT molecular complexity index is 422. The number of hydrogen-bond acceptors (Lipinski definition) is 2. The zero-order valence-corrected chi connectivity index (χ0v) is 10.7. The van der Waals surface area contributed by atoms with Crippen molar-refractivity contribution < 1.29 is 4.79 Å². The molecule has 1 aliphatic heterocycles. The number of benzene rings is 1. The van der Waals surface area contributed by atoms with Gasteiger partial charge in [-0.25, -0.2) is 0 Å². The predicted molar refractivity (Wildman–Crippen MR) is 68.6 cm³/mol. The first-order valence-electron chi connectivity index (χ1n) is 6.09. The van der Waals surface area contributed by atoms with E-state index in [0.29, 0.717) is 6.42 Å². The molecule has 1 fully saturated rings. The van der Waals surface area contributed by atoms with Gasteiger partial charge in [0.15, 0.2) is 0 Å². The molecule has 3 heteroatoms. The Balaban J connectivity index is 2.46. The van der Waals surface area contributed by atoms with Crippen molar-refractivity contribution in [3.8, 4) is 0 Å². The Labute approximate surface area is 103 Å². The summed E-state index contributed by atoms with van der Waals surface area (Å²) in [5, 5.41) is 0. The van der Waals surface area contributed by atoms with E-state index in [1.807, 2.05) is 18.0 Å². The molecule has 2 atom stereocenters. The summed E-state index contributed by atoms with van der Waals surface area (Å²) in [5.74, 6) is 0.194. The normalized spacial score (nSPS) is 25.2. The second-order valence-corrected chi connectivity index (χ2v) is 4.96. The van der Waals surface area contributed by atoms with Crippen LogP contribution >= 0.6 is 0 Å². The van der Waals surface area contributed by atoms with E-state index < -0.39 is 0 Å². The highest BCUT2D eigenvalue weighted by atomic mass is 16.2. The molecular weight excluding hydrogens is 212 g/mol. The van der Waals surface area contributed by atoms with Crippen molar-refractivity contribution in [2.75, 3.05) is 7.05 Å². The monoisotopic (exact) mass is 232 g/mol. The number of aryl methyl sites for hydroxylation is 2. The lowest BCUT2D eigenvalue weighted by atomic mass is 9.86. The molecule has 0 aromatic heterocycles. The van der Waals surface area contributed by atoms with Gasteiger partial charge in [0.05, 0.1) is 6.04 Å². The fraction of sp³-hybridized carbons (Fsp3) is 0.500. The minimum atomic E-state index is 0.0254. The molecule has 92 valence electrons. The van der Waals surface area contributed by atoms with Crippen LogP contribution in [-0.4, -0.2) is 23.9 Å². The molecular formula is C14H20N2O. The van der Waals surface area contributed by atoms with Crippen LogP contribution in [0.4, 0.5) is 0 Å². The molecule has 0 saturated carbocycles. The standard InChI is InChI=1S/C14H20N2O/c1-9-5-4-6-10(2)13(9)14-11(15)7-8-12(17)16(14)3/h4-6,11,14H,7-8,15H2,1-3H3. The summed E-state index contributed by atoms with van der Waals surface area (Å²) < 4.78 is 0.